The summed E-state index contributed by atoms with van der Waals surface area (Å²) in [5.41, 5.74) is 1.05. The van der Waals surface area contributed by atoms with Crippen LogP contribution in [0.3, 0.4) is 0 Å². The Kier molecular flexibility index (Phi) is 4.56. The van der Waals surface area contributed by atoms with Crippen molar-refractivity contribution >= 4 is 5.69 Å². The van der Waals surface area contributed by atoms with E-state index >= 15 is 0 Å². The fourth-order valence-electron chi connectivity index (χ4n) is 1.68. The van der Waals surface area contributed by atoms with Crippen LogP contribution in [0.5, 0.6) is 0 Å². The summed E-state index contributed by atoms with van der Waals surface area (Å²) in [6.45, 7) is 3.09. The highest BCUT2D eigenvalue weighted by molar-refractivity contribution is 5.46. The van der Waals surface area contributed by atoms with Gasteiger partial charge in [0, 0.05) is 25.3 Å². The molecule has 2 nitrogen and oxygen atoms in total. The molecule has 0 fully saturated rings. The third kappa shape index (κ3) is 3.20. The molecule has 0 aliphatic rings. The summed E-state index contributed by atoms with van der Waals surface area (Å²) < 4.78 is 12.8. The Morgan fingerprint density at radius 3 is 2.40 bits per heavy atom. The third-order valence-corrected chi connectivity index (χ3v) is 2.69. The number of likely N-dealkylation sites (N-methyl/N-ethyl adjacent to an activating group) is 2. The summed E-state index contributed by atoms with van der Waals surface area (Å²) in [7, 11) is 3.99. The van der Waals surface area contributed by atoms with Crippen LogP contribution in [0.2, 0.25) is 0 Å². The van der Waals surface area contributed by atoms with Crippen molar-refractivity contribution in [1.82, 2.24) is 5.32 Å². The first-order chi connectivity index (χ1) is 7.19. The Morgan fingerprint density at radius 1 is 1.33 bits per heavy atom. The summed E-state index contributed by atoms with van der Waals surface area (Å²) in [6, 6.07) is 7.07. The quantitative estimate of drug-likeness (QED) is 0.802. The van der Waals surface area contributed by atoms with E-state index in [4.69, 9.17) is 0 Å². The fourth-order valence-corrected chi connectivity index (χ4v) is 1.68. The lowest BCUT2D eigenvalue weighted by molar-refractivity contribution is 0.571. The Bertz CT molecular complexity index is 284. The van der Waals surface area contributed by atoms with E-state index in [9.17, 15) is 4.39 Å². The van der Waals surface area contributed by atoms with Crippen LogP contribution in [0.25, 0.3) is 0 Å². The molecule has 0 amide bonds. The fraction of sp³-hybridized carbons (Fsp3) is 0.500. The molecule has 1 aromatic rings. The van der Waals surface area contributed by atoms with Crippen molar-refractivity contribution in [3.05, 3.63) is 30.1 Å². The molecule has 1 rings (SSSR count). The lowest BCUT2D eigenvalue weighted by Crippen LogP contribution is -2.38. The van der Waals surface area contributed by atoms with Gasteiger partial charge in [-0.25, -0.2) is 4.39 Å². The molecular weight excluding hydrogens is 191 g/mol. The zero-order chi connectivity index (χ0) is 11.3. The maximum absolute atomic E-state index is 12.8. The van der Waals surface area contributed by atoms with Crippen molar-refractivity contribution in [2.24, 2.45) is 0 Å². The summed E-state index contributed by atoms with van der Waals surface area (Å²) in [4.78, 5) is 2.18. The lowest BCUT2D eigenvalue weighted by Gasteiger charge is -2.29. The number of benzene rings is 1. The van der Waals surface area contributed by atoms with Gasteiger partial charge in [-0.2, -0.15) is 0 Å². The average molecular weight is 210 g/mol. The van der Waals surface area contributed by atoms with Gasteiger partial charge in [0.2, 0.25) is 0 Å². The highest BCUT2D eigenvalue weighted by Crippen LogP contribution is 2.16. The number of hydrogen-bond acceptors (Lipinski definition) is 2. The predicted molar refractivity (Wildman–Crippen MR) is 62.8 cm³/mol. The van der Waals surface area contributed by atoms with Gasteiger partial charge in [-0.15, -0.1) is 0 Å². The maximum atomic E-state index is 12.8. The van der Waals surface area contributed by atoms with Crippen molar-refractivity contribution in [2.45, 2.75) is 19.4 Å². The molecule has 0 spiro atoms. The van der Waals surface area contributed by atoms with Gasteiger partial charge < -0.3 is 10.2 Å². The zero-order valence-electron chi connectivity index (χ0n) is 9.63. The normalized spacial score (nSPS) is 12.5. The van der Waals surface area contributed by atoms with E-state index in [1.807, 2.05) is 26.2 Å². The Hall–Kier alpha value is -1.09. The van der Waals surface area contributed by atoms with Gasteiger partial charge in [-0.1, -0.05) is 6.92 Å². The van der Waals surface area contributed by atoms with Gasteiger partial charge in [-0.3, -0.25) is 0 Å². The number of halogens is 1. The van der Waals surface area contributed by atoms with Crippen molar-refractivity contribution in [2.75, 3.05) is 25.5 Å². The van der Waals surface area contributed by atoms with Gasteiger partial charge in [0.05, 0.1) is 0 Å². The van der Waals surface area contributed by atoms with E-state index < -0.39 is 0 Å². The average Bonchev–Trinajstić information content (AvgIpc) is 2.26. The molecule has 0 radical (unpaired) electrons. The number of nitrogens with zero attached hydrogens (tertiary/aromatic N) is 1. The molecule has 15 heavy (non-hydrogen) atoms. The molecule has 1 atom stereocenters. The van der Waals surface area contributed by atoms with Gasteiger partial charge in [0.15, 0.2) is 0 Å². The zero-order valence-corrected chi connectivity index (χ0v) is 9.63. The maximum Gasteiger partial charge on any atom is 0.123 e. The molecule has 0 bridgehead atoms. The van der Waals surface area contributed by atoms with Gasteiger partial charge >= 0.3 is 0 Å². The molecule has 1 aromatic carbocycles. The SMILES string of the molecule is CCC(CNC)N(C)c1ccc(F)cc1. The van der Waals surface area contributed by atoms with Crippen LogP contribution < -0.4 is 10.2 Å². The predicted octanol–water partition coefficient (Wildman–Crippen LogP) is 2.26. The van der Waals surface area contributed by atoms with Crippen LogP contribution in [-0.4, -0.2) is 26.7 Å². The molecule has 1 unspecified atom stereocenters. The van der Waals surface area contributed by atoms with Gasteiger partial charge in [0.25, 0.3) is 0 Å². The van der Waals surface area contributed by atoms with Crippen LogP contribution in [-0.2, 0) is 0 Å². The van der Waals surface area contributed by atoms with Crippen LogP contribution in [0.4, 0.5) is 10.1 Å². The first-order valence-electron chi connectivity index (χ1n) is 5.32. The third-order valence-electron chi connectivity index (χ3n) is 2.69. The van der Waals surface area contributed by atoms with E-state index in [0.29, 0.717) is 6.04 Å². The number of hydrogen-bond donors (Lipinski definition) is 1. The summed E-state index contributed by atoms with van der Waals surface area (Å²) in [5, 5.41) is 3.17. The van der Waals surface area contributed by atoms with E-state index in [0.717, 1.165) is 18.7 Å². The highest BCUT2D eigenvalue weighted by atomic mass is 19.1. The highest BCUT2D eigenvalue weighted by Gasteiger charge is 2.11. The topological polar surface area (TPSA) is 15.3 Å². The standard InChI is InChI=1S/C12H19FN2/c1-4-11(9-14-2)15(3)12-7-5-10(13)6-8-12/h5-8,11,14H,4,9H2,1-3H3. The second-order valence-electron chi connectivity index (χ2n) is 3.71. The minimum absolute atomic E-state index is 0.186. The number of nitrogens with one attached hydrogen (secondary N) is 1. The second-order valence-corrected chi connectivity index (χ2v) is 3.71. The molecular formula is C12H19FN2. The van der Waals surface area contributed by atoms with E-state index in [1.54, 1.807) is 0 Å². The van der Waals surface area contributed by atoms with Crippen LogP contribution >= 0.6 is 0 Å². The van der Waals surface area contributed by atoms with E-state index in [-0.39, 0.29) is 5.82 Å². The van der Waals surface area contributed by atoms with Crippen molar-refractivity contribution in [1.29, 1.82) is 0 Å². The summed E-state index contributed by atoms with van der Waals surface area (Å²) >= 11 is 0. The largest absolute Gasteiger partial charge is 0.370 e. The Labute approximate surface area is 91.1 Å². The van der Waals surface area contributed by atoms with Crippen molar-refractivity contribution in [3.8, 4) is 0 Å². The first kappa shape index (κ1) is 12.0. The van der Waals surface area contributed by atoms with Crippen molar-refractivity contribution in [3.63, 3.8) is 0 Å². The molecule has 0 aliphatic carbocycles. The van der Waals surface area contributed by atoms with Crippen LogP contribution in [0.15, 0.2) is 24.3 Å². The molecule has 0 heterocycles. The number of anilines is 1. The Morgan fingerprint density at radius 2 is 1.93 bits per heavy atom. The molecule has 0 saturated carbocycles. The molecule has 1 N–H and O–H groups in total. The minimum atomic E-state index is -0.186. The summed E-state index contributed by atoms with van der Waals surface area (Å²) in [5.74, 6) is -0.186. The van der Waals surface area contributed by atoms with E-state index in [1.165, 1.54) is 12.1 Å². The molecule has 3 heteroatoms. The lowest BCUT2D eigenvalue weighted by atomic mass is 10.1. The van der Waals surface area contributed by atoms with Gasteiger partial charge in [0.1, 0.15) is 5.82 Å². The molecule has 84 valence electrons. The smallest absolute Gasteiger partial charge is 0.123 e. The minimum Gasteiger partial charge on any atom is -0.370 e. The molecule has 0 aromatic heterocycles. The van der Waals surface area contributed by atoms with Crippen LogP contribution in [0.1, 0.15) is 13.3 Å². The Balaban J connectivity index is 2.73. The second kappa shape index (κ2) is 5.71. The number of rotatable bonds is 5. The monoisotopic (exact) mass is 210 g/mol. The van der Waals surface area contributed by atoms with Crippen LogP contribution in [0, 0.1) is 5.82 Å². The molecule has 0 aliphatic heterocycles. The first-order valence-corrected chi connectivity index (χ1v) is 5.32. The summed E-state index contributed by atoms with van der Waals surface area (Å²) in [6.07, 6.45) is 1.06. The van der Waals surface area contributed by atoms with Crippen molar-refractivity contribution < 1.29 is 4.39 Å². The van der Waals surface area contributed by atoms with Gasteiger partial charge in [-0.05, 0) is 37.7 Å². The molecule has 0 saturated heterocycles. The van der Waals surface area contributed by atoms with E-state index in [2.05, 4.69) is 17.1 Å².